The summed E-state index contributed by atoms with van der Waals surface area (Å²) in [6, 6.07) is 1.70. The Kier molecular flexibility index (Phi) is 4.77. The van der Waals surface area contributed by atoms with E-state index >= 15 is 0 Å². The van der Waals surface area contributed by atoms with E-state index in [9.17, 15) is 4.79 Å². The van der Waals surface area contributed by atoms with Crippen molar-refractivity contribution < 1.29 is 9.32 Å². The Morgan fingerprint density at radius 2 is 2.35 bits per heavy atom. The molecule has 1 atom stereocenters. The molecule has 124 valence electrons. The number of thiazole rings is 1. The summed E-state index contributed by atoms with van der Waals surface area (Å²) in [4.78, 5) is 22.2. The average Bonchev–Trinajstić information content (AvgIpc) is 3.22. The highest BCUT2D eigenvalue weighted by Crippen LogP contribution is 2.21. The molecular formula is C16H22N4O2S. The van der Waals surface area contributed by atoms with Crippen LogP contribution in [0.3, 0.4) is 0 Å². The second-order valence-corrected chi connectivity index (χ2v) is 7.24. The Bertz CT molecular complexity index is 681. The number of carbonyl (C=O) groups is 1. The molecule has 0 N–H and O–H groups in total. The molecule has 0 saturated carbocycles. The van der Waals surface area contributed by atoms with Gasteiger partial charge in [-0.15, -0.1) is 11.3 Å². The number of likely N-dealkylation sites (tertiary alicyclic amines) is 1. The van der Waals surface area contributed by atoms with Crippen molar-refractivity contribution in [1.82, 2.24) is 19.9 Å². The predicted molar refractivity (Wildman–Crippen MR) is 88.4 cm³/mol. The number of aromatic nitrogens is 2. The van der Waals surface area contributed by atoms with Crippen LogP contribution in [0.1, 0.15) is 33.2 Å². The summed E-state index contributed by atoms with van der Waals surface area (Å²) in [5, 5.41) is 3.79. The summed E-state index contributed by atoms with van der Waals surface area (Å²) in [6.45, 7) is 7.35. The van der Waals surface area contributed by atoms with Gasteiger partial charge in [-0.05, 0) is 33.2 Å². The number of amides is 1. The second-order valence-electron chi connectivity index (χ2n) is 6.30. The quantitative estimate of drug-likeness (QED) is 0.840. The molecule has 1 amide bonds. The Morgan fingerprint density at radius 3 is 3.00 bits per heavy atom. The van der Waals surface area contributed by atoms with Crippen LogP contribution in [0, 0.1) is 19.8 Å². The summed E-state index contributed by atoms with van der Waals surface area (Å²) >= 11 is 1.70. The first-order valence-corrected chi connectivity index (χ1v) is 8.71. The lowest BCUT2D eigenvalue weighted by Crippen LogP contribution is -2.31. The highest BCUT2D eigenvalue weighted by molar-refractivity contribution is 7.09. The van der Waals surface area contributed by atoms with E-state index in [1.807, 2.05) is 17.3 Å². The lowest BCUT2D eigenvalue weighted by Gasteiger charge is -2.21. The topological polar surface area (TPSA) is 62.5 Å². The Hall–Kier alpha value is -1.73. The fourth-order valence-electron chi connectivity index (χ4n) is 3.01. The molecule has 0 spiro atoms. The first-order chi connectivity index (χ1) is 11.0. The minimum atomic E-state index is -0.0472. The Morgan fingerprint density at radius 1 is 1.52 bits per heavy atom. The number of nitrogens with zero attached hydrogens (tertiary/aromatic N) is 4. The van der Waals surface area contributed by atoms with Crippen LogP contribution in [-0.2, 0) is 6.54 Å². The van der Waals surface area contributed by atoms with Gasteiger partial charge < -0.3 is 14.3 Å². The Balaban J connectivity index is 1.51. The van der Waals surface area contributed by atoms with Crippen LogP contribution in [0.2, 0.25) is 0 Å². The highest BCUT2D eigenvalue weighted by Gasteiger charge is 2.29. The molecule has 0 unspecified atom stereocenters. The zero-order valence-corrected chi connectivity index (χ0v) is 14.6. The van der Waals surface area contributed by atoms with Gasteiger partial charge in [0, 0.05) is 37.1 Å². The SMILES string of the molecule is Cc1cc(C(=O)N2CC[C@H](CN(C)Cc3scnc3C)C2)on1. The summed E-state index contributed by atoms with van der Waals surface area (Å²) in [6.07, 6.45) is 1.03. The predicted octanol–water partition coefficient (Wildman–Crippen LogP) is 2.34. The molecule has 3 heterocycles. The molecule has 3 rings (SSSR count). The van der Waals surface area contributed by atoms with Crippen molar-refractivity contribution in [1.29, 1.82) is 0 Å². The van der Waals surface area contributed by atoms with E-state index in [0.29, 0.717) is 11.7 Å². The molecule has 1 aliphatic rings. The number of rotatable bonds is 5. The number of aryl methyl sites for hydroxylation is 2. The van der Waals surface area contributed by atoms with Crippen molar-refractivity contribution >= 4 is 17.2 Å². The molecule has 0 aromatic carbocycles. The van der Waals surface area contributed by atoms with Gasteiger partial charge >= 0.3 is 0 Å². The molecule has 0 radical (unpaired) electrons. The molecule has 2 aromatic rings. The largest absolute Gasteiger partial charge is 0.351 e. The van der Waals surface area contributed by atoms with Crippen LogP contribution in [0.15, 0.2) is 16.1 Å². The van der Waals surface area contributed by atoms with Crippen molar-refractivity contribution in [2.45, 2.75) is 26.8 Å². The van der Waals surface area contributed by atoms with Crippen molar-refractivity contribution in [3.63, 3.8) is 0 Å². The van der Waals surface area contributed by atoms with Crippen molar-refractivity contribution in [3.8, 4) is 0 Å². The van der Waals surface area contributed by atoms with Crippen LogP contribution in [-0.4, -0.2) is 52.5 Å². The van der Waals surface area contributed by atoms with Gasteiger partial charge in [0.1, 0.15) is 0 Å². The van der Waals surface area contributed by atoms with E-state index in [0.717, 1.165) is 44.0 Å². The third-order valence-corrected chi connectivity index (χ3v) is 5.16. The fourth-order valence-corrected chi connectivity index (χ4v) is 3.87. The minimum absolute atomic E-state index is 0.0472. The van der Waals surface area contributed by atoms with Crippen LogP contribution in [0.5, 0.6) is 0 Å². The standard InChI is InChI=1S/C16H22N4O2S/c1-11-6-14(22-18-11)16(21)20-5-4-13(8-20)7-19(3)9-15-12(2)17-10-23-15/h6,10,13H,4-5,7-9H2,1-3H3/t13-/m1/s1. The minimum Gasteiger partial charge on any atom is -0.351 e. The van der Waals surface area contributed by atoms with Crippen LogP contribution in [0.25, 0.3) is 0 Å². The van der Waals surface area contributed by atoms with E-state index in [-0.39, 0.29) is 5.91 Å². The normalized spacial score (nSPS) is 18.1. The third kappa shape index (κ3) is 3.79. The van der Waals surface area contributed by atoms with E-state index in [2.05, 4.69) is 29.0 Å². The van der Waals surface area contributed by atoms with Gasteiger partial charge in [-0.1, -0.05) is 5.16 Å². The molecule has 1 saturated heterocycles. The van der Waals surface area contributed by atoms with Gasteiger partial charge in [0.05, 0.1) is 16.9 Å². The van der Waals surface area contributed by atoms with Gasteiger partial charge in [-0.2, -0.15) is 0 Å². The number of hydrogen-bond acceptors (Lipinski definition) is 6. The lowest BCUT2D eigenvalue weighted by atomic mass is 10.1. The second kappa shape index (κ2) is 6.80. The molecule has 1 fully saturated rings. The smallest absolute Gasteiger partial charge is 0.292 e. The van der Waals surface area contributed by atoms with Gasteiger partial charge in [0.25, 0.3) is 5.91 Å². The van der Waals surface area contributed by atoms with Crippen molar-refractivity contribution in [3.05, 3.63) is 33.6 Å². The molecule has 23 heavy (non-hydrogen) atoms. The first kappa shape index (κ1) is 16.1. The number of carbonyl (C=O) groups excluding carboxylic acids is 1. The monoisotopic (exact) mass is 334 g/mol. The summed E-state index contributed by atoms with van der Waals surface area (Å²) in [5.41, 5.74) is 3.75. The van der Waals surface area contributed by atoms with Crippen molar-refractivity contribution in [2.75, 3.05) is 26.7 Å². The molecule has 6 nitrogen and oxygen atoms in total. The van der Waals surface area contributed by atoms with E-state index in [1.54, 1.807) is 17.4 Å². The maximum absolute atomic E-state index is 12.4. The van der Waals surface area contributed by atoms with E-state index in [4.69, 9.17) is 4.52 Å². The van der Waals surface area contributed by atoms with E-state index < -0.39 is 0 Å². The van der Waals surface area contributed by atoms with Crippen molar-refractivity contribution in [2.24, 2.45) is 5.92 Å². The molecule has 0 bridgehead atoms. The zero-order chi connectivity index (χ0) is 16.4. The van der Waals surface area contributed by atoms with Crippen LogP contribution < -0.4 is 0 Å². The first-order valence-electron chi connectivity index (χ1n) is 7.83. The summed E-state index contributed by atoms with van der Waals surface area (Å²) < 4.78 is 5.08. The van der Waals surface area contributed by atoms with Gasteiger partial charge in [-0.3, -0.25) is 4.79 Å². The highest BCUT2D eigenvalue weighted by atomic mass is 32.1. The summed E-state index contributed by atoms with van der Waals surface area (Å²) in [7, 11) is 2.13. The van der Waals surface area contributed by atoms with Crippen LogP contribution >= 0.6 is 11.3 Å². The maximum Gasteiger partial charge on any atom is 0.292 e. The molecule has 2 aromatic heterocycles. The molecule has 1 aliphatic heterocycles. The third-order valence-electron chi connectivity index (χ3n) is 4.24. The zero-order valence-electron chi connectivity index (χ0n) is 13.8. The van der Waals surface area contributed by atoms with Gasteiger partial charge in [0.2, 0.25) is 5.76 Å². The van der Waals surface area contributed by atoms with Gasteiger partial charge in [-0.25, -0.2) is 4.98 Å². The molecule has 0 aliphatic carbocycles. The molecular weight excluding hydrogens is 312 g/mol. The van der Waals surface area contributed by atoms with E-state index in [1.165, 1.54) is 4.88 Å². The van der Waals surface area contributed by atoms with Gasteiger partial charge in [0.15, 0.2) is 0 Å². The number of hydrogen-bond donors (Lipinski definition) is 0. The molecule has 7 heteroatoms. The van der Waals surface area contributed by atoms with Crippen LogP contribution in [0.4, 0.5) is 0 Å². The fraction of sp³-hybridized carbons (Fsp3) is 0.562. The maximum atomic E-state index is 12.4. The summed E-state index contributed by atoms with van der Waals surface area (Å²) in [5.74, 6) is 0.798. The lowest BCUT2D eigenvalue weighted by molar-refractivity contribution is 0.0742. The Labute approximate surface area is 140 Å². The average molecular weight is 334 g/mol.